The molecule has 0 saturated heterocycles. The molecule has 9 heteroatoms. The summed E-state index contributed by atoms with van der Waals surface area (Å²) < 4.78 is 31.8. The lowest BCUT2D eigenvalue weighted by atomic mass is 10.0. The lowest BCUT2D eigenvalue weighted by molar-refractivity contribution is 0.457. The fourth-order valence-electron chi connectivity index (χ4n) is 4.42. The van der Waals surface area contributed by atoms with Crippen LogP contribution in [0.1, 0.15) is 12.5 Å². The van der Waals surface area contributed by atoms with E-state index in [0.717, 1.165) is 33.0 Å². The maximum absolute atomic E-state index is 12.5. The van der Waals surface area contributed by atoms with Crippen molar-refractivity contribution in [3.05, 3.63) is 78.8 Å². The van der Waals surface area contributed by atoms with E-state index in [0.29, 0.717) is 30.2 Å². The monoisotopic (exact) mass is 508 g/mol. The second-order valence-electron chi connectivity index (χ2n) is 8.35. The van der Waals surface area contributed by atoms with Crippen LogP contribution in [0, 0.1) is 0 Å². The Balaban J connectivity index is 1.74. The standard InChI is InChI=1S/C26H25ClN4O3S/c1-2-35(33,34)29-23-14-19(22-17-31(13-10-27)25-20(22)8-11-28-26(25)32)15-24-21(23)9-12-30(24)16-18-6-4-3-5-7-18/h3-9,11-12,14-15,17,29H,2,10,13,16H2,1H3,(H,28,32). The minimum absolute atomic E-state index is 0.0297. The second kappa shape index (κ2) is 9.28. The van der Waals surface area contributed by atoms with Crippen LogP contribution in [0.3, 0.4) is 0 Å². The van der Waals surface area contributed by atoms with Gasteiger partial charge in [-0.1, -0.05) is 30.3 Å². The summed E-state index contributed by atoms with van der Waals surface area (Å²) in [6, 6.07) is 17.8. The van der Waals surface area contributed by atoms with E-state index in [-0.39, 0.29) is 11.6 Å². The highest BCUT2D eigenvalue weighted by Crippen LogP contribution is 2.38. The van der Waals surface area contributed by atoms with E-state index < -0.39 is 10.0 Å². The minimum atomic E-state index is -3.50. The number of hydrogen-bond acceptors (Lipinski definition) is 4. The summed E-state index contributed by atoms with van der Waals surface area (Å²) in [5.74, 6) is 0.273. The predicted octanol–water partition coefficient (Wildman–Crippen LogP) is 5.41. The third-order valence-electron chi connectivity index (χ3n) is 6.13. The third-order valence-corrected chi connectivity index (χ3v) is 7.59. The number of halogens is 1. The Bertz CT molecular complexity index is 1630. The molecule has 0 fully saturated rings. The van der Waals surface area contributed by atoms with Gasteiger partial charge in [-0.25, -0.2) is 13.4 Å². The highest BCUT2D eigenvalue weighted by atomic mass is 35.5. The van der Waals surface area contributed by atoms with Crippen LogP contribution in [0.5, 0.6) is 5.88 Å². The van der Waals surface area contributed by atoms with Gasteiger partial charge in [-0.05, 0) is 42.3 Å². The highest BCUT2D eigenvalue weighted by molar-refractivity contribution is 7.92. The van der Waals surface area contributed by atoms with Crippen LogP contribution in [-0.4, -0.2) is 39.3 Å². The van der Waals surface area contributed by atoms with Gasteiger partial charge in [0.2, 0.25) is 15.9 Å². The van der Waals surface area contributed by atoms with Gasteiger partial charge in [0, 0.05) is 53.9 Å². The fourth-order valence-corrected chi connectivity index (χ4v) is 5.25. The van der Waals surface area contributed by atoms with Crippen LogP contribution in [0.15, 0.2) is 73.2 Å². The smallest absolute Gasteiger partial charge is 0.236 e. The second-order valence-corrected chi connectivity index (χ2v) is 10.7. The largest absolute Gasteiger partial charge is 0.492 e. The van der Waals surface area contributed by atoms with Crippen LogP contribution in [0.4, 0.5) is 5.69 Å². The van der Waals surface area contributed by atoms with Gasteiger partial charge in [-0.15, -0.1) is 11.6 Å². The molecule has 0 aliphatic carbocycles. The van der Waals surface area contributed by atoms with E-state index in [2.05, 4.69) is 32.5 Å². The SMILES string of the molecule is CCS(=O)(=O)Nc1cc(-c2cn(CCCl)c3c(O)nccc23)cc2c1ccn2Cc1ccccc1. The van der Waals surface area contributed by atoms with Crippen molar-refractivity contribution in [3.63, 3.8) is 0 Å². The predicted molar refractivity (Wildman–Crippen MR) is 142 cm³/mol. The van der Waals surface area contributed by atoms with Crippen molar-refractivity contribution in [2.75, 3.05) is 16.4 Å². The summed E-state index contributed by atoms with van der Waals surface area (Å²) in [5.41, 5.74) is 4.83. The van der Waals surface area contributed by atoms with Gasteiger partial charge in [0.05, 0.1) is 17.0 Å². The molecular weight excluding hydrogens is 484 g/mol. The van der Waals surface area contributed by atoms with Crippen molar-refractivity contribution >= 4 is 49.1 Å². The molecule has 0 aliphatic rings. The quantitative estimate of drug-likeness (QED) is 0.274. The first-order valence-electron chi connectivity index (χ1n) is 11.3. The van der Waals surface area contributed by atoms with E-state index in [1.807, 2.05) is 53.4 Å². The van der Waals surface area contributed by atoms with Crippen molar-refractivity contribution in [1.29, 1.82) is 0 Å². The highest BCUT2D eigenvalue weighted by Gasteiger charge is 2.18. The summed E-state index contributed by atoms with van der Waals surface area (Å²) in [6.07, 6.45) is 5.46. The zero-order valence-electron chi connectivity index (χ0n) is 19.1. The van der Waals surface area contributed by atoms with Crippen molar-refractivity contribution in [2.24, 2.45) is 0 Å². The number of nitrogens with zero attached hydrogens (tertiary/aromatic N) is 3. The Morgan fingerprint density at radius 2 is 1.86 bits per heavy atom. The topological polar surface area (TPSA) is 89.2 Å². The fraction of sp³-hybridized carbons (Fsp3) is 0.192. The molecule has 2 aromatic carbocycles. The Hall–Kier alpha value is -3.49. The molecule has 0 saturated carbocycles. The van der Waals surface area contributed by atoms with E-state index in [1.165, 1.54) is 0 Å². The number of anilines is 1. The summed E-state index contributed by atoms with van der Waals surface area (Å²) in [4.78, 5) is 4.03. The third kappa shape index (κ3) is 4.47. The Labute approximate surface area is 208 Å². The zero-order valence-corrected chi connectivity index (χ0v) is 20.7. The average Bonchev–Trinajstić information content (AvgIpc) is 3.42. The number of sulfonamides is 1. The number of alkyl halides is 1. The molecule has 0 bridgehead atoms. The molecule has 3 heterocycles. The Morgan fingerprint density at radius 1 is 1.06 bits per heavy atom. The minimum Gasteiger partial charge on any atom is -0.492 e. The van der Waals surface area contributed by atoms with Crippen LogP contribution >= 0.6 is 11.6 Å². The van der Waals surface area contributed by atoms with Crippen molar-refractivity contribution < 1.29 is 13.5 Å². The molecule has 180 valence electrons. The van der Waals surface area contributed by atoms with E-state index in [1.54, 1.807) is 13.1 Å². The average molecular weight is 509 g/mol. The molecule has 0 atom stereocenters. The van der Waals surface area contributed by atoms with Gasteiger partial charge in [0.25, 0.3) is 0 Å². The number of aryl methyl sites for hydroxylation is 1. The molecule has 0 radical (unpaired) electrons. The lowest BCUT2D eigenvalue weighted by Crippen LogP contribution is -2.14. The first-order valence-corrected chi connectivity index (χ1v) is 13.5. The van der Waals surface area contributed by atoms with E-state index >= 15 is 0 Å². The van der Waals surface area contributed by atoms with Crippen LogP contribution in [0.25, 0.3) is 32.9 Å². The lowest BCUT2D eigenvalue weighted by Gasteiger charge is -2.12. The molecule has 0 spiro atoms. The van der Waals surface area contributed by atoms with Crippen LogP contribution in [0.2, 0.25) is 0 Å². The number of aromatic nitrogens is 3. The summed E-state index contributed by atoms with van der Waals surface area (Å²) in [5, 5.41) is 12.1. The molecule has 2 N–H and O–H groups in total. The normalized spacial score (nSPS) is 11.9. The summed E-state index contributed by atoms with van der Waals surface area (Å²) in [6.45, 7) is 2.76. The number of hydrogen-bond donors (Lipinski definition) is 2. The number of aromatic hydroxyl groups is 1. The number of fused-ring (bicyclic) bond motifs is 2. The number of nitrogens with one attached hydrogen (secondary N) is 1. The summed E-state index contributed by atoms with van der Waals surface area (Å²) in [7, 11) is -3.50. The first kappa shape index (κ1) is 23.3. The van der Waals surface area contributed by atoms with E-state index in [9.17, 15) is 13.5 Å². The number of pyridine rings is 1. The van der Waals surface area contributed by atoms with Crippen molar-refractivity contribution in [3.8, 4) is 17.0 Å². The van der Waals surface area contributed by atoms with Gasteiger partial charge in [0.1, 0.15) is 5.52 Å². The van der Waals surface area contributed by atoms with Gasteiger partial charge < -0.3 is 14.2 Å². The Morgan fingerprint density at radius 3 is 2.60 bits per heavy atom. The maximum Gasteiger partial charge on any atom is 0.236 e. The van der Waals surface area contributed by atoms with Crippen LogP contribution < -0.4 is 4.72 Å². The number of benzene rings is 2. The van der Waals surface area contributed by atoms with Crippen LogP contribution in [-0.2, 0) is 23.1 Å². The van der Waals surface area contributed by atoms with Crippen molar-refractivity contribution in [2.45, 2.75) is 20.0 Å². The molecule has 5 aromatic rings. The molecule has 7 nitrogen and oxygen atoms in total. The molecule has 5 rings (SSSR count). The molecule has 0 amide bonds. The van der Waals surface area contributed by atoms with Gasteiger partial charge in [0.15, 0.2) is 0 Å². The van der Waals surface area contributed by atoms with Gasteiger partial charge >= 0.3 is 0 Å². The van der Waals surface area contributed by atoms with Gasteiger partial charge in [-0.2, -0.15) is 0 Å². The maximum atomic E-state index is 12.5. The van der Waals surface area contributed by atoms with E-state index in [4.69, 9.17) is 11.6 Å². The molecular formula is C26H25ClN4O3S. The summed E-state index contributed by atoms with van der Waals surface area (Å²) >= 11 is 6.02. The molecule has 3 aromatic heterocycles. The van der Waals surface area contributed by atoms with Gasteiger partial charge in [-0.3, -0.25) is 4.72 Å². The first-order chi connectivity index (χ1) is 16.9. The van der Waals surface area contributed by atoms with Crippen molar-refractivity contribution in [1.82, 2.24) is 14.1 Å². The molecule has 0 unspecified atom stereocenters. The molecule has 35 heavy (non-hydrogen) atoms. The number of rotatable bonds is 8. The molecule has 0 aliphatic heterocycles. The Kier molecular flexibility index (Phi) is 6.17. The zero-order chi connectivity index (χ0) is 24.6.